The largest absolute Gasteiger partial charge is 0.550 e. The van der Waals surface area contributed by atoms with Gasteiger partial charge >= 0.3 is 18.6 Å². The van der Waals surface area contributed by atoms with E-state index in [2.05, 4.69) is 9.47 Å². The van der Waals surface area contributed by atoms with Crippen LogP contribution in [0.4, 0.5) is 22.0 Å². The molecule has 1 atom stereocenters. The van der Waals surface area contributed by atoms with Gasteiger partial charge in [0.1, 0.15) is 11.7 Å². The number of carboxylic acids is 1. The van der Waals surface area contributed by atoms with Crippen LogP contribution in [-0.2, 0) is 23.9 Å². The van der Waals surface area contributed by atoms with Gasteiger partial charge in [0, 0.05) is 5.41 Å². The third-order valence-corrected chi connectivity index (χ3v) is 4.06. The molecule has 0 spiro atoms. The van der Waals surface area contributed by atoms with E-state index in [0.29, 0.717) is 0 Å². The molecule has 26 heavy (non-hydrogen) atoms. The fourth-order valence-electron chi connectivity index (χ4n) is 2.74. The van der Waals surface area contributed by atoms with Crippen molar-refractivity contribution in [2.24, 2.45) is 11.3 Å². The van der Waals surface area contributed by atoms with Crippen molar-refractivity contribution in [3.63, 3.8) is 0 Å². The van der Waals surface area contributed by atoms with Crippen LogP contribution in [0.25, 0.3) is 0 Å². The molecule has 1 aliphatic rings. The lowest BCUT2D eigenvalue weighted by atomic mass is 9.67. The Hall–Kier alpha value is -2.46. The van der Waals surface area contributed by atoms with E-state index in [0.717, 1.165) is 0 Å². The van der Waals surface area contributed by atoms with Crippen LogP contribution in [0.5, 0.6) is 0 Å². The fourth-order valence-corrected chi connectivity index (χ4v) is 2.74. The van der Waals surface area contributed by atoms with E-state index >= 15 is 0 Å². The number of hydrogen-bond donors (Lipinski definition) is 0. The van der Waals surface area contributed by atoms with Crippen LogP contribution in [0.1, 0.15) is 33.1 Å². The summed E-state index contributed by atoms with van der Waals surface area (Å²) in [5.41, 5.74) is -2.16. The quantitative estimate of drug-likeness (QED) is 0.379. The van der Waals surface area contributed by atoms with Crippen LogP contribution < -0.4 is 5.11 Å². The summed E-state index contributed by atoms with van der Waals surface area (Å²) in [6, 6.07) is 0. The van der Waals surface area contributed by atoms with E-state index in [4.69, 9.17) is 0 Å². The molecule has 0 bridgehead atoms. The van der Waals surface area contributed by atoms with E-state index in [1.807, 2.05) is 0 Å². The molecule has 0 radical (unpaired) electrons. The number of carbonyl (C=O) groups excluding carboxylic acids is 3. The zero-order valence-corrected chi connectivity index (χ0v) is 13.6. The van der Waals surface area contributed by atoms with Crippen LogP contribution in [0, 0.1) is 11.3 Å². The smallest absolute Gasteiger partial charge is 0.387 e. The maximum atomic E-state index is 14.6. The van der Waals surface area contributed by atoms with Gasteiger partial charge in [0.15, 0.2) is 17.4 Å². The molecule has 11 heteroatoms. The van der Waals surface area contributed by atoms with E-state index in [1.54, 1.807) is 0 Å². The van der Waals surface area contributed by atoms with E-state index in [-0.39, 0.29) is 12.8 Å². The highest BCUT2D eigenvalue weighted by atomic mass is 19.3. The topological polar surface area (TPSA) is 92.7 Å². The van der Waals surface area contributed by atoms with Gasteiger partial charge < -0.3 is 19.4 Å². The highest BCUT2D eigenvalue weighted by molar-refractivity contribution is 5.96. The number of esters is 2. The Morgan fingerprint density at radius 1 is 1.15 bits per heavy atom. The number of carbonyl (C=O) groups is 3. The Morgan fingerprint density at radius 3 is 2.12 bits per heavy atom. The molecule has 0 N–H and O–H groups in total. The molecule has 0 fully saturated rings. The summed E-state index contributed by atoms with van der Waals surface area (Å²) in [7, 11) is 0. The third kappa shape index (κ3) is 4.02. The second kappa shape index (κ2) is 8.28. The minimum absolute atomic E-state index is 0.368. The molecule has 0 saturated carbocycles. The molecule has 0 amide bonds. The molecule has 1 unspecified atom stereocenters. The number of alkyl halides is 2. The molecule has 6 nitrogen and oxygen atoms in total. The zero-order chi connectivity index (χ0) is 20.2. The molecule has 0 aromatic carbocycles. The predicted octanol–water partition coefficient (Wildman–Crippen LogP) is 2.20. The Morgan fingerprint density at radius 2 is 1.69 bits per heavy atom. The van der Waals surface area contributed by atoms with Gasteiger partial charge in [-0.25, -0.2) is 8.78 Å². The number of hydrogen-bond acceptors (Lipinski definition) is 6. The molecule has 1 rings (SSSR count). The van der Waals surface area contributed by atoms with Gasteiger partial charge in [0.2, 0.25) is 0 Å². The van der Waals surface area contributed by atoms with Crippen molar-refractivity contribution < 1.29 is 50.9 Å². The van der Waals surface area contributed by atoms with Crippen molar-refractivity contribution in [2.45, 2.75) is 39.7 Å². The number of halogens is 5. The summed E-state index contributed by atoms with van der Waals surface area (Å²) in [6.07, 6.45) is -2.10. The molecule has 0 aromatic rings. The van der Waals surface area contributed by atoms with Gasteiger partial charge in [0.25, 0.3) is 0 Å². The lowest BCUT2D eigenvalue weighted by Crippen LogP contribution is -2.42. The summed E-state index contributed by atoms with van der Waals surface area (Å²) in [6.45, 7) is -1.18. The SMILES string of the molecule is CCC1(CC)C(F)=C(F)C(OC(F)F)=C(F)C1C(=O)OC(=O)CC(=O)[O-]. The Balaban J connectivity index is 3.41. The first kappa shape index (κ1) is 21.6. The second-order valence-electron chi connectivity index (χ2n) is 5.32. The number of aliphatic carboxylic acids is 1. The number of ether oxygens (including phenoxy) is 2. The minimum atomic E-state index is -3.72. The Kier molecular flexibility index (Phi) is 6.87. The molecule has 0 aromatic heterocycles. The van der Waals surface area contributed by atoms with E-state index < -0.39 is 65.5 Å². The number of rotatable bonds is 7. The monoisotopic (exact) mass is 385 g/mol. The zero-order valence-electron chi connectivity index (χ0n) is 13.6. The predicted molar refractivity (Wildman–Crippen MR) is 71.7 cm³/mol. The maximum absolute atomic E-state index is 14.6. The highest BCUT2D eigenvalue weighted by Gasteiger charge is 2.55. The Labute approximate surface area is 144 Å². The lowest BCUT2D eigenvalue weighted by Gasteiger charge is -2.38. The van der Waals surface area contributed by atoms with Crippen LogP contribution in [0.3, 0.4) is 0 Å². The number of allylic oxidation sites excluding steroid dienone is 2. The summed E-state index contributed by atoms with van der Waals surface area (Å²) in [5, 5.41) is 10.3. The van der Waals surface area contributed by atoms with Crippen LogP contribution in [-0.4, -0.2) is 24.5 Å². The van der Waals surface area contributed by atoms with Gasteiger partial charge in [-0.15, -0.1) is 0 Å². The van der Waals surface area contributed by atoms with Crippen molar-refractivity contribution in [3.8, 4) is 0 Å². The first-order chi connectivity index (χ1) is 12.0. The van der Waals surface area contributed by atoms with E-state index in [1.165, 1.54) is 13.8 Å². The van der Waals surface area contributed by atoms with Gasteiger partial charge in [-0.05, 0) is 12.8 Å². The van der Waals surface area contributed by atoms with Gasteiger partial charge in [-0.2, -0.15) is 13.2 Å². The second-order valence-corrected chi connectivity index (χ2v) is 5.32. The molecular weight excluding hydrogens is 371 g/mol. The third-order valence-electron chi connectivity index (χ3n) is 4.06. The molecule has 0 aliphatic heterocycles. The molecule has 0 heterocycles. The van der Waals surface area contributed by atoms with Gasteiger partial charge in [-0.1, -0.05) is 13.8 Å². The first-order valence-electron chi connectivity index (χ1n) is 7.36. The van der Waals surface area contributed by atoms with Crippen molar-refractivity contribution in [1.29, 1.82) is 0 Å². The minimum Gasteiger partial charge on any atom is -0.550 e. The van der Waals surface area contributed by atoms with Crippen LogP contribution in [0.15, 0.2) is 23.2 Å². The fraction of sp³-hybridized carbons (Fsp3) is 0.533. The highest BCUT2D eigenvalue weighted by Crippen LogP contribution is 2.54. The lowest BCUT2D eigenvalue weighted by molar-refractivity contribution is -0.305. The average molecular weight is 385 g/mol. The normalized spacial score (nSPS) is 19.6. The van der Waals surface area contributed by atoms with E-state index in [9.17, 15) is 41.4 Å². The Bertz CT molecular complexity index is 665. The number of carboxylic acid groups (broad SMARTS) is 1. The summed E-state index contributed by atoms with van der Waals surface area (Å²) >= 11 is 0. The molecule has 146 valence electrons. The van der Waals surface area contributed by atoms with Crippen molar-refractivity contribution in [3.05, 3.63) is 23.2 Å². The molecular formula is C15H14F5O6-. The van der Waals surface area contributed by atoms with Crippen molar-refractivity contribution in [1.82, 2.24) is 0 Å². The average Bonchev–Trinajstić information content (AvgIpc) is 2.53. The maximum Gasteiger partial charge on any atom is 0.387 e. The summed E-state index contributed by atoms with van der Waals surface area (Å²) in [5.74, 6) is -15.1. The van der Waals surface area contributed by atoms with Crippen molar-refractivity contribution in [2.75, 3.05) is 0 Å². The first-order valence-corrected chi connectivity index (χ1v) is 7.36. The van der Waals surface area contributed by atoms with Gasteiger partial charge in [-0.3, -0.25) is 9.59 Å². The molecule has 1 aliphatic carbocycles. The molecule has 0 saturated heterocycles. The van der Waals surface area contributed by atoms with Crippen LogP contribution in [0.2, 0.25) is 0 Å². The van der Waals surface area contributed by atoms with Crippen LogP contribution >= 0.6 is 0 Å². The standard InChI is InChI=1S/C15H15F5O6/c1-3-15(4-2)8(13(24)25-7(23)5-6(21)22)9(16)11(26-14(19)20)10(17)12(15)18/h8,14H,3-5H2,1-2H3,(H,21,22)/p-1. The summed E-state index contributed by atoms with van der Waals surface area (Å²) < 4.78 is 75.6. The van der Waals surface area contributed by atoms with Gasteiger partial charge in [0.05, 0.1) is 12.4 Å². The van der Waals surface area contributed by atoms with Crippen molar-refractivity contribution >= 4 is 17.9 Å². The summed E-state index contributed by atoms with van der Waals surface area (Å²) in [4.78, 5) is 33.7.